The smallest absolute Gasteiger partial charge is 0.264 e. The Morgan fingerprint density at radius 3 is 2.40 bits per heavy atom. The van der Waals surface area contributed by atoms with Crippen molar-refractivity contribution in [3.05, 3.63) is 51.7 Å². The number of nitriles is 1. The van der Waals surface area contributed by atoms with Gasteiger partial charge in [-0.15, -0.1) is 11.3 Å². The van der Waals surface area contributed by atoms with E-state index in [9.17, 15) is 13.2 Å². The molecule has 0 atom stereocenters. The molecule has 2 aromatic rings. The van der Waals surface area contributed by atoms with E-state index in [4.69, 9.17) is 5.26 Å². The van der Waals surface area contributed by atoms with E-state index in [0.29, 0.717) is 18.0 Å². The van der Waals surface area contributed by atoms with Crippen LogP contribution in [0.5, 0.6) is 0 Å². The van der Waals surface area contributed by atoms with Crippen LogP contribution in [0.15, 0.2) is 41.3 Å². The fourth-order valence-electron chi connectivity index (χ4n) is 2.76. The van der Waals surface area contributed by atoms with Crippen LogP contribution in [0.3, 0.4) is 0 Å². The van der Waals surface area contributed by atoms with E-state index in [1.807, 2.05) is 19.1 Å². The summed E-state index contributed by atoms with van der Waals surface area (Å²) in [4.78, 5) is 15.9. The second kappa shape index (κ2) is 6.96. The number of nitrogens with zero attached hydrogens (tertiary/aromatic N) is 3. The van der Waals surface area contributed by atoms with Gasteiger partial charge in [-0.1, -0.05) is 12.1 Å². The number of carbonyl (C=O) groups is 1. The van der Waals surface area contributed by atoms with Crippen LogP contribution in [0.4, 0.5) is 0 Å². The van der Waals surface area contributed by atoms with Gasteiger partial charge in [-0.2, -0.15) is 9.57 Å². The Bertz CT molecular complexity index is 936. The molecule has 1 aromatic heterocycles. The Morgan fingerprint density at radius 2 is 1.80 bits per heavy atom. The van der Waals surface area contributed by atoms with E-state index in [0.717, 1.165) is 4.88 Å². The quantitative estimate of drug-likeness (QED) is 0.822. The first-order chi connectivity index (χ1) is 11.9. The van der Waals surface area contributed by atoms with E-state index in [1.54, 1.807) is 23.1 Å². The van der Waals surface area contributed by atoms with E-state index in [2.05, 4.69) is 0 Å². The van der Waals surface area contributed by atoms with E-state index < -0.39 is 10.0 Å². The standard InChI is InChI=1S/C17H17N3O3S2/c1-13-6-7-15(24-13)17(21)19-8-10-20(11-9-19)25(22,23)16-5-3-2-4-14(16)12-18/h2-7H,8-11H2,1H3. The number of piperazine rings is 1. The molecule has 8 heteroatoms. The number of sulfonamides is 1. The van der Waals surface area contributed by atoms with Gasteiger partial charge in [0.15, 0.2) is 0 Å². The Hall–Kier alpha value is -2.21. The normalized spacial score (nSPS) is 15.8. The Kier molecular flexibility index (Phi) is 4.90. The van der Waals surface area contributed by atoms with E-state index >= 15 is 0 Å². The predicted molar refractivity (Wildman–Crippen MR) is 94.9 cm³/mol. The molecule has 0 saturated carbocycles. The second-order valence-electron chi connectivity index (χ2n) is 5.71. The summed E-state index contributed by atoms with van der Waals surface area (Å²) in [6, 6.07) is 11.8. The van der Waals surface area contributed by atoms with E-state index in [-0.39, 0.29) is 29.5 Å². The van der Waals surface area contributed by atoms with Gasteiger partial charge in [-0.05, 0) is 31.2 Å². The van der Waals surface area contributed by atoms with Crippen LogP contribution >= 0.6 is 11.3 Å². The highest BCUT2D eigenvalue weighted by Crippen LogP contribution is 2.22. The molecule has 0 spiro atoms. The Balaban J connectivity index is 1.74. The fourth-order valence-corrected chi connectivity index (χ4v) is 5.16. The summed E-state index contributed by atoms with van der Waals surface area (Å²) in [5.74, 6) is -0.0624. The predicted octanol–water partition coefficient (Wildman–Crippen LogP) is 2.07. The van der Waals surface area contributed by atoms with Crippen LogP contribution in [-0.4, -0.2) is 49.7 Å². The first-order valence-electron chi connectivity index (χ1n) is 7.78. The maximum absolute atomic E-state index is 12.8. The number of hydrogen-bond acceptors (Lipinski definition) is 5. The molecule has 3 rings (SSSR count). The van der Waals surface area contributed by atoms with Gasteiger partial charge in [0.25, 0.3) is 5.91 Å². The highest BCUT2D eigenvalue weighted by Gasteiger charge is 2.32. The van der Waals surface area contributed by atoms with Gasteiger partial charge in [0.2, 0.25) is 10.0 Å². The first kappa shape index (κ1) is 17.6. The lowest BCUT2D eigenvalue weighted by Gasteiger charge is -2.33. The van der Waals surface area contributed by atoms with Crippen molar-refractivity contribution in [1.29, 1.82) is 5.26 Å². The van der Waals surface area contributed by atoms with Crippen molar-refractivity contribution < 1.29 is 13.2 Å². The monoisotopic (exact) mass is 375 g/mol. The molecule has 0 N–H and O–H groups in total. The highest BCUT2D eigenvalue weighted by molar-refractivity contribution is 7.89. The molecule has 1 aromatic carbocycles. The molecule has 25 heavy (non-hydrogen) atoms. The third-order valence-electron chi connectivity index (χ3n) is 4.10. The minimum atomic E-state index is -3.74. The van der Waals surface area contributed by atoms with Crippen molar-refractivity contribution in [3.63, 3.8) is 0 Å². The van der Waals surface area contributed by atoms with Crippen molar-refractivity contribution in [2.75, 3.05) is 26.2 Å². The van der Waals surface area contributed by atoms with Gasteiger partial charge in [0, 0.05) is 31.1 Å². The summed E-state index contributed by atoms with van der Waals surface area (Å²) < 4.78 is 26.9. The summed E-state index contributed by atoms with van der Waals surface area (Å²) in [7, 11) is -3.74. The summed E-state index contributed by atoms with van der Waals surface area (Å²) in [5.41, 5.74) is 0.134. The number of amides is 1. The molecule has 0 bridgehead atoms. The van der Waals surface area contributed by atoms with Gasteiger partial charge in [0.1, 0.15) is 6.07 Å². The third-order valence-corrected chi connectivity index (χ3v) is 7.05. The van der Waals surface area contributed by atoms with Crippen LogP contribution in [0, 0.1) is 18.3 Å². The summed E-state index contributed by atoms with van der Waals surface area (Å²) in [5, 5.41) is 9.14. The van der Waals surface area contributed by atoms with Crippen LogP contribution in [0.2, 0.25) is 0 Å². The van der Waals surface area contributed by atoms with Crippen LogP contribution in [0.25, 0.3) is 0 Å². The van der Waals surface area contributed by atoms with Gasteiger partial charge >= 0.3 is 0 Å². The molecule has 1 amide bonds. The molecular formula is C17H17N3O3S2. The van der Waals surface area contributed by atoms with Gasteiger partial charge in [0.05, 0.1) is 15.3 Å². The molecule has 0 radical (unpaired) electrons. The number of benzene rings is 1. The summed E-state index contributed by atoms with van der Waals surface area (Å²) in [6.07, 6.45) is 0. The second-order valence-corrected chi connectivity index (χ2v) is 8.91. The van der Waals surface area contributed by atoms with Gasteiger partial charge in [-0.25, -0.2) is 8.42 Å². The highest BCUT2D eigenvalue weighted by atomic mass is 32.2. The molecule has 130 valence electrons. The largest absolute Gasteiger partial charge is 0.335 e. The first-order valence-corrected chi connectivity index (χ1v) is 10.0. The lowest BCUT2D eigenvalue weighted by atomic mass is 10.2. The number of aryl methyl sites for hydroxylation is 1. The molecule has 2 heterocycles. The maximum atomic E-state index is 12.8. The Labute approximate surface area is 151 Å². The molecule has 1 aliphatic heterocycles. The van der Waals surface area contributed by atoms with E-state index in [1.165, 1.54) is 27.8 Å². The zero-order chi connectivity index (χ0) is 18.0. The lowest BCUT2D eigenvalue weighted by Crippen LogP contribution is -2.50. The zero-order valence-corrected chi connectivity index (χ0v) is 15.3. The average molecular weight is 375 g/mol. The number of hydrogen-bond donors (Lipinski definition) is 0. The van der Waals surface area contributed by atoms with Crippen LogP contribution < -0.4 is 0 Å². The minimum Gasteiger partial charge on any atom is -0.335 e. The zero-order valence-electron chi connectivity index (χ0n) is 13.7. The molecule has 1 saturated heterocycles. The SMILES string of the molecule is Cc1ccc(C(=O)N2CCN(S(=O)(=O)c3ccccc3C#N)CC2)s1. The Morgan fingerprint density at radius 1 is 1.12 bits per heavy atom. The summed E-state index contributed by atoms with van der Waals surface area (Å²) >= 11 is 1.44. The van der Waals surface area contributed by atoms with Crippen molar-refractivity contribution in [2.24, 2.45) is 0 Å². The van der Waals surface area contributed by atoms with Crippen molar-refractivity contribution in [2.45, 2.75) is 11.8 Å². The molecular weight excluding hydrogens is 358 g/mol. The molecule has 1 aliphatic rings. The van der Waals surface area contributed by atoms with Gasteiger partial charge in [-0.3, -0.25) is 4.79 Å². The molecule has 6 nitrogen and oxygen atoms in total. The van der Waals surface area contributed by atoms with Crippen molar-refractivity contribution in [1.82, 2.24) is 9.21 Å². The lowest BCUT2D eigenvalue weighted by molar-refractivity contribution is 0.0703. The van der Waals surface area contributed by atoms with Crippen molar-refractivity contribution in [3.8, 4) is 6.07 Å². The minimum absolute atomic E-state index is 0.0196. The fraction of sp³-hybridized carbons (Fsp3) is 0.294. The third kappa shape index (κ3) is 3.44. The number of carbonyl (C=O) groups excluding carboxylic acids is 1. The topological polar surface area (TPSA) is 81.5 Å². The van der Waals surface area contributed by atoms with Crippen LogP contribution in [0.1, 0.15) is 20.1 Å². The summed E-state index contributed by atoms with van der Waals surface area (Å²) in [6.45, 7) is 3.06. The number of thiophene rings is 1. The average Bonchev–Trinajstić information content (AvgIpc) is 3.07. The van der Waals surface area contributed by atoms with Crippen molar-refractivity contribution >= 4 is 27.3 Å². The molecule has 0 aliphatic carbocycles. The van der Waals surface area contributed by atoms with Gasteiger partial charge < -0.3 is 4.90 Å². The van der Waals surface area contributed by atoms with Crippen LogP contribution in [-0.2, 0) is 10.0 Å². The molecule has 1 fully saturated rings. The molecule has 0 unspecified atom stereocenters. The maximum Gasteiger partial charge on any atom is 0.264 e. The number of rotatable bonds is 3.